The molecule has 0 bridgehead atoms. The predicted octanol–water partition coefficient (Wildman–Crippen LogP) is 3.26. The molecule has 0 spiro atoms. The van der Waals surface area contributed by atoms with E-state index in [-0.39, 0.29) is 18.9 Å². The van der Waals surface area contributed by atoms with Gasteiger partial charge in [0.15, 0.2) is 0 Å². The quantitative estimate of drug-likeness (QED) is 0.819. The van der Waals surface area contributed by atoms with Crippen LogP contribution in [0.2, 0.25) is 0 Å². The number of hydrogen-bond donors (Lipinski definition) is 2. The number of nitrogens with one attached hydrogen (secondary N) is 2. The van der Waals surface area contributed by atoms with E-state index in [2.05, 4.69) is 10.6 Å². The number of benzene rings is 1. The zero-order valence-corrected chi connectivity index (χ0v) is 13.7. The highest BCUT2D eigenvalue weighted by Crippen LogP contribution is 2.17. The third-order valence-electron chi connectivity index (χ3n) is 2.39. The van der Waals surface area contributed by atoms with Crippen LogP contribution in [-0.4, -0.2) is 30.4 Å². The van der Waals surface area contributed by atoms with Gasteiger partial charge in [0.25, 0.3) is 0 Å². The molecule has 2 N–H and O–H groups in total. The molecule has 116 valence electrons. The number of hydrogen-bond acceptors (Lipinski definition) is 4. The molecule has 0 fully saturated rings. The summed E-state index contributed by atoms with van der Waals surface area (Å²) in [4.78, 5) is 24.3. The molecular weight excluding hydrogens is 288 g/mol. The largest absolute Gasteiger partial charge is 0.444 e. The number of anilines is 1. The molecule has 5 nitrogen and oxygen atoms in total. The maximum atomic E-state index is 11.7. The Labute approximate surface area is 129 Å². The van der Waals surface area contributed by atoms with Gasteiger partial charge in [-0.1, -0.05) is 0 Å². The molecule has 0 aliphatic carbocycles. The molecule has 0 aliphatic rings. The van der Waals surface area contributed by atoms with E-state index in [1.54, 1.807) is 32.5 Å². The first kappa shape index (κ1) is 17.4. The lowest BCUT2D eigenvalue weighted by molar-refractivity contribution is -0.116. The molecule has 1 aromatic rings. The van der Waals surface area contributed by atoms with Crippen LogP contribution in [0.1, 0.15) is 27.2 Å². The smallest absolute Gasteiger partial charge is 0.407 e. The molecule has 0 unspecified atom stereocenters. The van der Waals surface area contributed by atoms with E-state index in [4.69, 9.17) is 4.74 Å². The fourth-order valence-corrected chi connectivity index (χ4v) is 1.90. The summed E-state index contributed by atoms with van der Waals surface area (Å²) >= 11 is 1.64. The molecule has 1 rings (SSSR count). The van der Waals surface area contributed by atoms with E-state index in [1.807, 2.05) is 30.5 Å². The van der Waals surface area contributed by atoms with E-state index in [1.165, 1.54) is 0 Å². The minimum Gasteiger partial charge on any atom is -0.444 e. The molecule has 0 radical (unpaired) electrons. The van der Waals surface area contributed by atoms with Gasteiger partial charge < -0.3 is 15.4 Å². The fraction of sp³-hybridized carbons (Fsp3) is 0.467. The molecule has 0 aromatic heterocycles. The number of thioether (sulfide) groups is 1. The Bertz CT molecular complexity index is 481. The molecule has 0 heterocycles. The zero-order chi connectivity index (χ0) is 15.9. The van der Waals surface area contributed by atoms with Gasteiger partial charge in [0.2, 0.25) is 5.91 Å². The number of carbonyl (C=O) groups excluding carboxylic acids is 2. The van der Waals surface area contributed by atoms with Gasteiger partial charge in [-0.05, 0) is 51.3 Å². The average Bonchev–Trinajstić information content (AvgIpc) is 2.37. The van der Waals surface area contributed by atoms with Crippen molar-refractivity contribution in [1.82, 2.24) is 5.32 Å². The van der Waals surface area contributed by atoms with E-state index < -0.39 is 11.7 Å². The monoisotopic (exact) mass is 310 g/mol. The number of alkyl carbamates (subject to hydrolysis) is 1. The Balaban J connectivity index is 2.29. The second-order valence-corrected chi connectivity index (χ2v) is 6.33. The number of ether oxygens (including phenoxy) is 1. The first-order chi connectivity index (χ1) is 9.80. The number of carbonyl (C=O) groups is 2. The summed E-state index contributed by atoms with van der Waals surface area (Å²) in [5.74, 6) is -0.150. The highest BCUT2D eigenvalue weighted by molar-refractivity contribution is 7.98. The van der Waals surface area contributed by atoms with Crippen molar-refractivity contribution >= 4 is 29.4 Å². The summed E-state index contributed by atoms with van der Waals surface area (Å²) in [7, 11) is 0. The van der Waals surface area contributed by atoms with Crippen molar-refractivity contribution in [3.05, 3.63) is 24.3 Å². The van der Waals surface area contributed by atoms with Crippen molar-refractivity contribution in [2.75, 3.05) is 18.1 Å². The number of rotatable bonds is 5. The Morgan fingerprint density at radius 3 is 2.33 bits per heavy atom. The van der Waals surface area contributed by atoms with Crippen LogP contribution in [0.5, 0.6) is 0 Å². The van der Waals surface area contributed by atoms with Gasteiger partial charge >= 0.3 is 6.09 Å². The molecule has 1 aromatic carbocycles. The van der Waals surface area contributed by atoms with Crippen LogP contribution in [0.4, 0.5) is 10.5 Å². The average molecular weight is 310 g/mol. The molecule has 0 saturated carbocycles. The fourth-order valence-electron chi connectivity index (χ4n) is 1.49. The van der Waals surface area contributed by atoms with Gasteiger partial charge in [0.1, 0.15) is 5.60 Å². The third kappa shape index (κ3) is 7.60. The van der Waals surface area contributed by atoms with Crippen molar-refractivity contribution in [1.29, 1.82) is 0 Å². The molecule has 2 amide bonds. The van der Waals surface area contributed by atoms with E-state index in [0.29, 0.717) is 0 Å². The van der Waals surface area contributed by atoms with E-state index in [9.17, 15) is 9.59 Å². The minimum atomic E-state index is -0.536. The lowest BCUT2D eigenvalue weighted by Gasteiger charge is -2.19. The van der Waals surface area contributed by atoms with Crippen LogP contribution in [-0.2, 0) is 9.53 Å². The summed E-state index contributed by atoms with van der Waals surface area (Å²) in [6.45, 7) is 5.61. The topological polar surface area (TPSA) is 67.4 Å². The van der Waals surface area contributed by atoms with Gasteiger partial charge in [0, 0.05) is 23.5 Å². The standard InChI is InChI=1S/C15H22N2O3S/c1-15(2,3)20-14(19)16-10-9-13(18)17-11-5-7-12(21-4)8-6-11/h5-8H,9-10H2,1-4H3,(H,16,19)(H,17,18). The summed E-state index contributed by atoms with van der Waals surface area (Å²) in [5.41, 5.74) is 0.209. The van der Waals surface area contributed by atoms with Crippen molar-refractivity contribution in [3.8, 4) is 0 Å². The highest BCUT2D eigenvalue weighted by Gasteiger charge is 2.15. The van der Waals surface area contributed by atoms with Crippen LogP contribution >= 0.6 is 11.8 Å². The van der Waals surface area contributed by atoms with Gasteiger partial charge in [-0.2, -0.15) is 0 Å². The van der Waals surface area contributed by atoms with Crippen molar-refractivity contribution < 1.29 is 14.3 Å². The summed E-state index contributed by atoms with van der Waals surface area (Å²) in [6.07, 6.45) is 1.68. The van der Waals surface area contributed by atoms with E-state index in [0.717, 1.165) is 10.6 Å². The second-order valence-electron chi connectivity index (χ2n) is 5.46. The highest BCUT2D eigenvalue weighted by atomic mass is 32.2. The second kappa shape index (κ2) is 7.93. The van der Waals surface area contributed by atoms with E-state index >= 15 is 0 Å². The van der Waals surface area contributed by atoms with Crippen molar-refractivity contribution in [2.45, 2.75) is 37.7 Å². The molecule has 0 saturated heterocycles. The predicted molar refractivity (Wildman–Crippen MR) is 85.7 cm³/mol. The van der Waals surface area contributed by atoms with Crippen LogP contribution < -0.4 is 10.6 Å². The minimum absolute atomic E-state index is 0.150. The van der Waals surface area contributed by atoms with Crippen molar-refractivity contribution in [3.63, 3.8) is 0 Å². The normalized spacial score (nSPS) is 10.9. The molecule has 0 aliphatic heterocycles. The lowest BCUT2D eigenvalue weighted by Crippen LogP contribution is -2.34. The van der Waals surface area contributed by atoms with Gasteiger partial charge in [-0.15, -0.1) is 11.8 Å². The zero-order valence-electron chi connectivity index (χ0n) is 12.9. The first-order valence-electron chi connectivity index (χ1n) is 6.71. The maximum Gasteiger partial charge on any atom is 0.407 e. The summed E-state index contributed by atoms with van der Waals surface area (Å²) < 4.78 is 5.08. The molecule has 0 atom stereocenters. The molecule has 6 heteroatoms. The van der Waals surface area contributed by atoms with Crippen LogP contribution in [0.3, 0.4) is 0 Å². The third-order valence-corrected chi connectivity index (χ3v) is 3.14. The Kier molecular flexibility index (Phi) is 6.55. The van der Waals surface area contributed by atoms with Gasteiger partial charge in [-0.3, -0.25) is 4.79 Å². The number of amides is 2. The Morgan fingerprint density at radius 2 is 1.81 bits per heavy atom. The van der Waals surface area contributed by atoms with Crippen LogP contribution in [0.25, 0.3) is 0 Å². The van der Waals surface area contributed by atoms with Crippen LogP contribution in [0.15, 0.2) is 29.2 Å². The van der Waals surface area contributed by atoms with Gasteiger partial charge in [0.05, 0.1) is 0 Å². The van der Waals surface area contributed by atoms with Crippen molar-refractivity contribution in [2.24, 2.45) is 0 Å². The maximum absolute atomic E-state index is 11.7. The first-order valence-corrected chi connectivity index (χ1v) is 7.93. The summed E-state index contributed by atoms with van der Waals surface area (Å²) in [5, 5.41) is 5.32. The summed E-state index contributed by atoms with van der Waals surface area (Å²) in [6, 6.07) is 7.59. The molecule has 21 heavy (non-hydrogen) atoms. The van der Waals surface area contributed by atoms with Gasteiger partial charge in [-0.25, -0.2) is 4.79 Å². The Morgan fingerprint density at radius 1 is 1.19 bits per heavy atom. The molecular formula is C15H22N2O3S. The lowest BCUT2D eigenvalue weighted by atomic mass is 10.2. The SMILES string of the molecule is CSc1ccc(NC(=O)CCNC(=O)OC(C)(C)C)cc1. The Hall–Kier alpha value is -1.69. The van der Waals surface area contributed by atoms with Crippen LogP contribution in [0, 0.1) is 0 Å².